The van der Waals surface area contributed by atoms with Crippen LogP contribution in [0.3, 0.4) is 0 Å². The van der Waals surface area contributed by atoms with Gasteiger partial charge >= 0.3 is 0 Å². The highest BCUT2D eigenvalue weighted by Crippen LogP contribution is 2.32. The Bertz CT molecular complexity index is 1640. The van der Waals surface area contributed by atoms with Crippen molar-refractivity contribution in [3.8, 4) is 11.1 Å². The van der Waals surface area contributed by atoms with Crippen LogP contribution in [0.2, 0.25) is 0 Å². The molecule has 0 spiro atoms. The maximum absolute atomic E-state index is 3.83. The minimum absolute atomic E-state index is 1.14. The maximum atomic E-state index is 3.83. The lowest BCUT2D eigenvalue weighted by molar-refractivity contribution is 1.67. The highest BCUT2D eigenvalue weighted by molar-refractivity contribution is 9.10. The first kappa shape index (κ1) is 20.0. The van der Waals surface area contributed by atoms with Crippen LogP contribution < -0.4 is 20.7 Å². The Morgan fingerprint density at radius 1 is 0.412 bits per heavy atom. The van der Waals surface area contributed by atoms with Crippen molar-refractivity contribution in [3.63, 3.8) is 0 Å². The number of benzene rings is 6. The van der Waals surface area contributed by atoms with E-state index in [0.717, 1.165) is 4.47 Å². The molecule has 1 aliphatic rings. The second-order valence-electron chi connectivity index (χ2n) is 9.04. The summed E-state index contributed by atoms with van der Waals surface area (Å²) in [6.45, 7) is 0. The monoisotopic (exact) mass is 512 g/mol. The summed E-state index contributed by atoms with van der Waals surface area (Å²) >= 11 is 3.83. The quantitative estimate of drug-likeness (QED) is 0.245. The molecule has 0 unspecified atom stereocenters. The molecule has 2 heteroatoms. The van der Waals surface area contributed by atoms with Gasteiger partial charge in [0.15, 0.2) is 8.07 Å². The molecule has 7 rings (SSSR count). The van der Waals surface area contributed by atoms with E-state index in [2.05, 4.69) is 143 Å². The number of hydrogen-bond acceptors (Lipinski definition) is 0. The minimum atomic E-state index is -2.62. The fourth-order valence-electron chi connectivity index (χ4n) is 6.08. The molecule has 0 fully saturated rings. The van der Waals surface area contributed by atoms with Crippen LogP contribution in [0.15, 0.2) is 132 Å². The van der Waals surface area contributed by atoms with Gasteiger partial charge in [-0.15, -0.1) is 0 Å². The normalized spacial score (nSPS) is 13.7. The summed E-state index contributed by atoms with van der Waals surface area (Å²) in [6, 6.07) is 47.5. The third kappa shape index (κ3) is 2.64. The average molecular weight is 514 g/mol. The van der Waals surface area contributed by atoms with Crippen LogP contribution >= 0.6 is 15.9 Å². The summed E-state index contributed by atoms with van der Waals surface area (Å²) < 4.78 is 1.14. The Labute approximate surface area is 208 Å². The molecule has 34 heavy (non-hydrogen) atoms. The molecule has 0 radical (unpaired) electrons. The molecule has 1 aliphatic heterocycles. The summed E-state index contributed by atoms with van der Waals surface area (Å²) in [5, 5.41) is 11.2. The molecule has 0 nitrogen and oxygen atoms in total. The molecule has 0 N–H and O–H groups in total. The summed E-state index contributed by atoms with van der Waals surface area (Å²) in [7, 11) is -2.62. The molecule has 0 saturated carbocycles. The SMILES string of the molecule is Brc1ccc2c(c1)[Si](c1cccc3ccccc13)(c1cccc3ccccc13)c1ccccc1-2. The van der Waals surface area contributed by atoms with Gasteiger partial charge in [0.1, 0.15) is 0 Å². The Morgan fingerprint density at radius 2 is 0.912 bits per heavy atom. The third-order valence-electron chi connectivity index (χ3n) is 7.39. The van der Waals surface area contributed by atoms with Gasteiger partial charge in [-0.3, -0.25) is 0 Å². The first-order valence-corrected chi connectivity index (χ1v) is 14.4. The van der Waals surface area contributed by atoms with Gasteiger partial charge < -0.3 is 0 Å². The fourth-order valence-corrected chi connectivity index (χ4v) is 12.3. The number of fused-ring (bicyclic) bond motifs is 5. The van der Waals surface area contributed by atoms with E-state index in [-0.39, 0.29) is 0 Å². The van der Waals surface area contributed by atoms with Gasteiger partial charge in [0.2, 0.25) is 0 Å². The van der Waals surface area contributed by atoms with Crippen LogP contribution in [-0.4, -0.2) is 8.07 Å². The van der Waals surface area contributed by atoms with E-state index in [0.29, 0.717) is 0 Å². The molecule has 0 amide bonds. The summed E-state index contributed by atoms with van der Waals surface area (Å²) in [4.78, 5) is 0. The van der Waals surface area contributed by atoms with Crippen molar-refractivity contribution in [2.24, 2.45) is 0 Å². The molecule has 0 bridgehead atoms. The second-order valence-corrected chi connectivity index (χ2v) is 13.6. The predicted molar refractivity (Wildman–Crippen MR) is 152 cm³/mol. The molecule has 0 saturated heterocycles. The van der Waals surface area contributed by atoms with Gasteiger partial charge in [-0.2, -0.15) is 0 Å². The smallest absolute Gasteiger partial charge is 0.0623 e. The van der Waals surface area contributed by atoms with Crippen molar-refractivity contribution < 1.29 is 0 Å². The number of rotatable bonds is 2. The molecule has 0 aliphatic carbocycles. The van der Waals surface area contributed by atoms with Gasteiger partial charge in [-0.05, 0) is 65.6 Å². The van der Waals surface area contributed by atoms with Crippen molar-refractivity contribution in [2.75, 3.05) is 0 Å². The molecule has 1 heterocycles. The van der Waals surface area contributed by atoms with E-state index in [1.807, 2.05) is 0 Å². The van der Waals surface area contributed by atoms with Crippen molar-refractivity contribution in [1.82, 2.24) is 0 Å². The van der Waals surface area contributed by atoms with Crippen molar-refractivity contribution in [3.05, 3.63) is 132 Å². The zero-order valence-corrected chi connectivity index (χ0v) is 21.1. The van der Waals surface area contributed by atoms with E-state index in [4.69, 9.17) is 0 Å². The Balaban J connectivity index is 1.76. The topological polar surface area (TPSA) is 0 Å². The first-order valence-electron chi connectivity index (χ1n) is 11.6. The minimum Gasteiger partial charge on any atom is -0.0623 e. The highest BCUT2D eigenvalue weighted by Gasteiger charge is 2.50. The summed E-state index contributed by atoms with van der Waals surface area (Å²) in [6.07, 6.45) is 0. The van der Waals surface area contributed by atoms with Crippen molar-refractivity contribution >= 4 is 66.3 Å². The molecule has 0 atom stereocenters. The van der Waals surface area contributed by atoms with Gasteiger partial charge in [0.05, 0.1) is 0 Å². The first-order chi connectivity index (χ1) is 16.8. The maximum Gasteiger partial charge on any atom is 0.182 e. The molecule has 0 aromatic heterocycles. The lowest BCUT2D eigenvalue weighted by Gasteiger charge is -2.33. The average Bonchev–Trinajstić information content (AvgIpc) is 3.18. The van der Waals surface area contributed by atoms with Gasteiger partial charge in [0, 0.05) is 4.47 Å². The van der Waals surface area contributed by atoms with Gasteiger partial charge in [0.25, 0.3) is 0 Å². The standard InChI is InChI=1S/C32H21BrSi/c33-24-19-20-28-27-15-5-6-16-31(27)34(32(28)21-24,29-17-7-11-22-9-1-3-13-25(22)29)30-18-8-12-23-10-2-4-14-26(23)30/h1-21H. The lowest BCUT2D eigenvalue weighted by atomic mass is 10.1. The van der Waals surface area contributed by atoms with E-state index in [1.165, 1.54) is 53.4 Å². The lowest BCUT2D eigenvalue weighted by Crippen LogP contribution is -2.73. The predicted octanol–water partition coefficient (Wildman–Crippen LogP) is 6.11. The van der Waals surface area contributed by atoms with E-state index < -0.39 is 8.07 Å². The van der Waals surface area contributed by atoms with Crippen LogP contribution in [0.5, 0.6) is 0 Å². The van der Waals surface area contributed by atoms with Crippen LogP contribution in [0.25, 0.3) is 32.7 Å². The van der Waals surface area contributed by atoms with E-state index >= 15 is 0 Å². The molecule has 6 aromatic carbocycles. The number of halogens is 1. The fraction of sp³-hybridized carbons (Fsp3) is 0. The van der Waals surface area contributed by atoms with Crippen LogP contribution in [0, 0.1) is 0 Å². The Hall–Kier alpha value is -3.46. The molecular weight excluding hydrogens is 492 g/mol. The van der Waals surface area contributed by atoms with E-state index in [9.17, 15) is 0 Å². The van der Waals surface area contributed by atoms with Gasteiger partial charge in [-0.1, -0.05) is 131 Å². The highest BCUT2D eigenvalue weighted by atomic mass is 79.9. The van der Waals surface area contributed by atoms with Crippen LogP contribution in [0.1, 0.15) is 0 Å². The van der Waals surface area contributed by atoms with Gasteiger partial charge in [-0.25, -0.2) is 0 Å². The zero-order valence-electron chi connectivity index (χ0n) is 18.5. The molecular formula is C32H21BrSi. The number of hydrogen-bond donors (Lipinski definition) is 0. The van der Waals surface area contributed by atoms with E-state index in [1.54, 1.807) is 0 Å². The summed E-state index contributed by atoms with van der Waals surface area (Å²) in [5.74, 6) is 0. The molecule has 6 aromatic rings. The van der Waals surface area contributed by atoms with Crippen LogP contribution in [0.4, 0.5) is 0 Å². The largest absolute Gasteiger partial charge is 0.182 e. The van der Waals surface area contributed by atoms with Crippen molar-refractivity contribution in [2.45, 2.75) is 0 Å². The Kier molecular flexibility index (Phi) is 4.42. The zero-order chi connectivity index (χ0) is 22.7. The second kappa shape index (κ2) is 7.53. The summed E-state index contributed by atoms with van der Waals surface area (Å²) in [5.41, 5.74) is 2.74. The third-order valence-corrected chi connectivity index (χ3v) is 12.8. The van der Waals surface area contributed by atoms with Crippen molar-refractivity contribution in [1.29, 1.82) is 0 Å². The Morgan fingerprint density at radius 3 is 1.59 bits per heavy atom. The van der Waals surface area contributed by atoms with Crippen LogP contribution in [-0.2, 0) is 0 Å². The molecule has 160 valence electrons.